The molecule has 4 nitrogen and oxygen atoms in total. The second kappa shape index (κ2) is 4.25. The van der Waals surface area contributed by atoms with Crippen molar-refractivity contribution in [2.24, 2.45) is 17.8 Å². The van der Waals surface area contributed by atoms with Gasteiger partial charge < -0.3 is 10.0 Å². The molecule has 4 atom stereocenters. The van der Waals surface area contributed by atoms with Gasteiger partial charge in [-0.05, 0) is 37.8 Å². The summed E-state index contributed by atoms with van der Waals surface area (Å²) in [5.41, 5.74) is 0. The molecule has 3 saturated heterocycles. The Morgan fingerprint density at radius 2 is 1.94 bits per heavy atom. The number of aliphatic carboxylic acids is 1. The minimum Gasteiger partial charge on any atom is -0.481 e. The van der Waals surface area contributed by atoms with E-state index in [1.165, 1.54) is 32.5 Å². The predicted molar refractivity (Wildman–Crippen MR) is 64.8 cm³/mol. The molecule has 3 aliphatic heterocycles. The highest BCUT2D eigenvalue weighted by Gasteiger charge is 2.43. The molecule has 0 radical (unpaired) electrons. The van der Waals surface area contributed by atoms with Gasteiger partial charge in [-0.25, -0.2) is 0 Å². The fourth-order valence-corrected chi connectivity index (χ4v) is 3.75. The SMILES string of the molecule is CC(C(=O)O)C1CN(C2CCN3CCC2C3)C1. The van der Waals surface area contributed by atoms with Crippen LogP contribution in [0.4, 0.5) is 0 Å². The number of hydrogen-bond acceptors (Lipinski definition) is 3. The Morgan fingerprint density at radius 1 is 1.24 bits per heavy atom. The molecule has 0 aromatic rings. The van der Waals surface area contributed by atoms with Crippen LogP contribution in [0.25, 0.3) is 0 Å². The molecular formula is C13H22N2O2. The summed E-state index contributed by atoms with van der Waals surface area (Å²) in [6.07, 6.45) is 2.64. The summed E-state index contributed by atoms with van der Waals surface area (Å²) in [6.45, 7) is 7.67. The summed E-state index contributed by atoms with van der Waals surface area (Å²) in [7, 11) is 0. The van der Waals surface area contributed by atoms with Crippen LogP contribution in [0.15, 0.2) is 0 Å². The van der Waals surface area contributed by atoms with E-state index in [-0.39, 0.29) is 5.92 Å². The number of piperidine rings is 1. The minimum atomic E-state index is -0.634. The van der Waals surface area contributed by atoms with E-state index in [2.05, 4.69) is 9.80 Å². The highest BCUT2D eigenvalue weighted by atomic mass is 16.4. The lowest BCUT2D eigenvalue weighted by atomic mass is 9.82. The second-order valence-corrected chi connectivity index (χ2v) is 6.05. The molecule has 2 bridgehead atoms. The Labute approximate surface area is 103 Å². The predicted octanol–water partition coefficient (Wildman–Crippen LogP) is 0.733. The van der Waals surface area contributed by atoms with Crippen LogP contribution in [0.5, 0.6) is 0 Å². The van der Waals surface area contributed by atoms with Gasteiger partial charge >= 0.3 is 5.97 Å². The molecule has 96 valence electrons. The number of likely N-dealkylation sites (tertiary alicyclic amines) is 1. The molecule has 4 unspecified atom stereocenters. The van der Waals surface area contributed by atoms with Crippen LogP contribution in [0.3, 0.4) is 0 Å². The zero-order valence-electron chi connectivity index (χ0n) is 10.5. The molecule has 4 heteroatoms. The maximum atomic E-state index is 10.9. The smallest absolute Gasteiger partial charge is 0.306 e. The molecule has 0 aliphatic carbocycles. The minimum absolute atomic E-state index is 0.171. The monoisotopic (exact) mass is 238 g/mol. The topological polar surface area (TPSA) is 43.8 Å². The third-order valence-corrected chi connectivity index (χ3v) is 5.10. The zero-order chi connectivity index (χ0) is 12.0. The number of nitrogens with zero attached hydrogens (tertiary/aromatic N) is 2. The van der Waals surface area contributed by atoms with E-state index in [0.29, 0.717) is 5.92 Å². The summed E-state index contributed by atoms with van der Waals surface area (Å²) in [6, 6.07) is 0.742. The van der Waals surface area contributed by atoms with Crippen LogP contribution in [0.1, 0.15) is 19.8 Å². The lowest BCUT2D eigenvalue weighted by Crippen LogP contribution is -2.58. The lowest BCUT2D eigenvalue weighted by Gasteiger charge is -2.49. The van der Waals surface area contributed by atoms with Gasteiger partial charge in [0.05, 0.1) is 5.92 Å². The average Bonchev–Trinajstić information content (AvgIpc) is 2.61. The van der Waals surface area contributed by atoms with Crippen molar-refractivity contribution in [1.82, 2.24) is 9.80 Å². The molecule has 3 aliphatic rings. The van der Waals surface area contributed by atoms with Gasteiger partial charge in [-0.2, -0.15) is 0 Å². The highest BCUT2D eigenvalue weighted by molar-refractivity contribution is 5.70. The number of rotatable bonds is 3. The number of carbonyl (C=O) groups is 1. The fraction of sp³-hybridized carbons (Fsp3) is 0.923. The van der Waals surface area contributed by atoms with E-state index >= 15 is 0 Å². The van der Waals surface area contributed by atoms with Gasteiger partial charge in [0.25, 0.3) is 0 Å². The van der Waals surface area contributed by atoms with Gasteiger partial charge in [0, 0.05) is 25.7 Å². The van der Waals surface area contributed by atoms with Crippen molar-refractivity contribution >= 4 is 5.97 Å². The Balaban J connectivity index is 1.53. The average molecular weight is 238 g/mol. The first-order valence-electron chi connectivity index (χ1n) is 6.84. The van der Waals surface area contributed by atoms with E-state index in [0.717, 1.165) is 25.0 Å². The standard InChI is InChI=1S/C13H22N2O2/c1-9(13(16)17)11-7-15(8-11)12-3-5-14-4-2-10(12)6-14/h9-12H,2-8H2,1H3,(H,16,17). The van der Waals surface area contributed by atoms with Gasteiger partial charge in [0.1, 0.15) is 0 Å². The van der Waals surface area contributed by atoms with E-state index in [4.69, 9.17) is 5.11 Å². The van der Waals surface area contributed by atoms with Crippen LogP contribution in [0.2, 0.25) is 0 Å². The molecule has 3 fully saturated rings. The van der Waals surface area contributed by atoms with Crippen molar-refractivity contribution in [3.05, 3.63) is 0 Å². The largest absolute Gasteiger partial charge is 0.481 e. The van der Waals surface area contributed by atoms with Gasteiger partial charge in [0.15, 0.2) is 0 Å². The van der Waals surface area contributed by atoms with Gasteiger partial charge in [-0.15, -0.1) is 0 Å². The molecule has 0 saturated carbocycles. The third-order valence-electron chi connectivity index (χ3n) is 5.10. The first-order chi connectivity index (χ1) is 8.15. The molecule has 3 heterocycles. The van der Waals surface area contributed by atoms with Crippen molar-refractivity contribution < 1.29 is 9.90 Å². The summed E-state index contributed by atoms with van der Waals surface area (Å²) < 4.78 is 0. The molecule has 17 heavy (non-hydrogen) atoms. The molecule has 0 aromatic heterocycles. The number of fused-ring (bicyclic) bond motifs is 2. The van der Waals surface area contributed by atoms with Crippen molar-refractivity contribution in [2.45, 2.75) is 25.8 Å². The fourth-order valence-electron chi connectivity index (χ4n) is 3.75. The lowest BCUT2D eigenvalue weighted by molar-refractivity contribution is -0.146. The van der Waals surface area contributed by atoms with E-state index < -0.39 is 5.97 Å². The second-order valence-electron chi connectivity index (χ2n) is 6.05. The Hall–Kier alpha value is -0.610. The first kappa shape index (κ1) is 11.5. The number of carboxylic acids is 1. The Bertz CT molecular complexity index is 315. The summed E-state index contributed by atoms with van der Waals surface area (Å²) >= 11 is 0. The van der Waals surface area contributed by atoms with Crippen LogP contribution in [0, 0.1) is 17.8 Å². The number of hydrogen-bond donors (Lipinski definition) is 1. The molecule has 3 rings (SSSR count). The van der Waals surface area contributed by atoms with Crippen LogP contribution >= 0.6 is 0 Å². The molecule has 0 spiro atoms. The summed E-state index contributed by atoms with van der Waals surface area (Å²) in [5.74, 6) is 0.428. The van der Waals surface area contributed by atoms with Crippen molar-refractivity contribution in [2.75, 3.05) is 32.7 Å². The Kier molecular flexibility index (Phi) is 2.87. The van der Waals surface area contributed by atoms with Gasteiger partial charge in [-0.1, -0.05) is 6.92 Å². The molecule has 0 aromatic carbocycles. The van der Waals surface area contributed by atoms with Crippen molar-refractivity contribution in [3.8, 4) is 0 Å². The normalized spacial score (nSPS) is 39.9. The van der Waals surface area contributed by atoms with Crippen molar-refractivity contribution in [1.29, 1.82) is 0 Å². The van der Waals surface area contributed by atoms with Gasteiger partial charge in [-0.3, -0.25) is 9.69 Å². The van der Waals surface area contributed by atoms with Crippen molar-refractivity contribution in [3.63, 3.8) is 0 Å². The number of carboxylic acid groups (broad SMARTS) is 1. The molecular weight excluding hydrogens is 216 g/mol. The maximum Gasteiger partial charge on any atom is 0.306 e. The van der Waals surface area contributed by atoms with Gasteiger partial charge in [0.2, 0.25) is 0 Å². The first-order valence-corrected chi connectivity index (χ1v) is 6.84. The maximum absolute atomic E-state index is 10.9. The van der Waals surface area contributed by atoms with E-state index in [9.17, 15) is 4.79 Å². The van der Waals surface area contributed by atoms with Crippen LogP contribution in [-0.4, -0.2) is 59.6 Å². The van der Waals surface area contributed by atoms with Crippen LogP contribution < -0.4 is 0 Å². The van der Waals surface area contributed by atoms with E-state index in [1.54, 1.807) is 0 Å². The molecule has 0 amide bonds. The summed E-state index contributed by atoms with van der Waals surface area (Å²) in [4.78, 5) is 16.0. The quantitative estimate of drug-likeness (QED) is 0.787. The highest BCUT2D eigenvalue weighted by Crippen LogP contribution is 2.35. The summed E-state index contributed by atoms with van der Waals surface area (Å²) in [5, 5.41) is 8.99. The third kappa shape index (κ3) is 1.97. The van der Waals surface area contributed by atoms with Crippen LogP contribution in [-0.2, 0) is 4.79 Å². The van der Waals surface area contributed by atoms with E-state index in [1.807, 2.05) is 6.92 Å². The molecule has 1 N–H and O–H groups in total. The Morgan fingerprint density at radius 3 is 2.65 bits per heavy atom. The zero-order valence-corrected chi connectivity index (χ0v) is 10.5.